The van der Waals surface area contributed by atoms with Gasteiger partial charge in [-0.15, -0.1) is 0 Å². The molecular weight excluding hydrogens is 254 g/mol. The molecule has 1 heterocycles. The van der Waals surface area contributed by atoms with Crippen molar-refractivity contribution >= 4 is 21.6 Å². The van der Waals surface area contributed by atoms with Gasteiger partial charge in [-0.1, -0.05) is 15.9 Å². The molecule has 2 aromatic rings. The van der Waals surface area contributed by atoms with Crippen LogP contribution in [0.1, 0.15) is 5.56 Å². The van der Waals surface area contributed by atoms with Crippen molar-refractivity contribution in [2.45, 2.75) is 0 Å². The average Bonchev–Trinajstić information content (AvgIpc) is 2.69. The highest BCUT2D eigenvalue weighted by Gasteiger charge is 1.98. The predicted molar refractivity (Wildman–Crippen MR) is 62.3 cm³/mol. The van der Waals surface area contributed by atoms with Crippen LogP contribution in [0, 0.1) is 11.3 Å². The monoisotopic (exact) mass is 261 g/mol. The number of hydrogen-bond donors (Lipinski definition) is 1. The summed E-state index contributed by atoms with van der Waals surface area (Å²) < 4.78 is 2.71. The Hall–Kier alpha value is -1.73. The number of benzene rings is 1. The van der Waals surface area contributed by atoms with Gasteiger partial charge in [0.05, 0.1) is 17.3 Å². The Morgan fingerprint density at radius 2 is 1.93 bits per heavy atom. The van der Waals surface area contributed by atoms with Gasteiger partial charge in [0.15, 0.2) is 0 Å². The van der Waals surface area contributed by atoms with Gasteiger partial charge in [0.1, 0.15) is 0 Å². The molecule has 74 valence electrons. The molecule has 0 saturated heterocycles. The van der Waals surface area contributed by atoms with Crippen LogP contribution in [0.25, 0.3) is 0 Å². The molecule has 0 radical (unpaired) electrons. The highest BCUT2D eigenvalue weighted by Crippen LogP contribution is 2.19. The van der Waals surface area contributed by atoms with Crippen molar-refractivity contribution in [2.24, 2.45) is 0 Å². The van der Waals surface area contributed by atoms with Crippen LogP contribution in [0.2, 0.25) is 0 Å². The molecule has 0 unspecified atom stereocenters. The number of nitriles is 1. The maximum absolute atomic E-state index is 8.81. The average molecular weight is 262 g/mol. The highest BCUT2D eigenvalue weighted by atomic mass is 79.9. The molecule has 0 atom stereocenters. The van der Waals surface area contributed by atoms with Crippen molar-refractivity contribution in [3.8, 4) is 6.07 Å². The highest BCUT2D eigenvalue weighted by molar-refractivity contribution is 9.10. The molecule has 1 N–H and O–H groups in total. The third-order valence-corrected chi connectivity index (χ3v) is 2.35. The maximum atomic E-state index is 8.81. The van der Waals surface area contributed by atoms with E-state index in [0.717, 1.165) is 10.2 Å². The zero-order valence-electron chi connectivity index (χ0n) is 7.81. The lowest BCUT2D eigenvalue weighted by Gasteiger charge is -2.07. The first-order valence-corrected chi connectivity index (χ1v) is 5.18. The molecule has 0 spiro atoms. The minimum absolute atomic E-state index is 0.624. The summed E-state index contributed by atoms with van der Waals surface area (Å²) in [5.74, 6) is 0. The van der Waals surface area contributed by atoms with Crippen molar-refractivity contribution in [2.75, 3.05) is 5.43 Å². The number of anilines is 1. The van der Waals surface area contributed by atoms with Crippen LogP contribution in [0.4, 0.5) is 5.69 Å². The first kappa shape index (κ1) is 9.81. The predicted octanol–water partition coefficient (Wildman–Crippen LogP) is 3.00. The SMILES string of the molecule is N#Cc1cc(Br)cc(Nn2cccc2)c1. The molecule has 0 aliphatic carbocycles. The van der Waals surface area contributed by atoms with Gasteiger partial charge in [-0.3, -0.25) is 10.1 Å². The lowest BCUT2D eigenvalue weighted by molar-refractivity contribution is 0.970. The standard InChI is InChI=1S/C11H8BrN3/c12-10-5-9(8-13)6-11(7-10)14-15-3-1-2-4-15/h1-7,14H. The van der Waals surface area contributed by atoms with Crippen LogP contribution in [-0.2, 0) is 0 Å². The lowest BCUT2D eigenvalue weighted by atomic mass is 10.2. The van der Waals surface area contributed by atoms with Crippen molar-refractivity contribution in [3.05, 3.63) is 52.8 Å². The van der Waals surface area contributed by atoms with E-state index >= 15 is 0 Å². The zero-order valence-corrected chi connectivity index (χ0v) is 9.40. The van der Waals surface area contributed by atoms with E-state index in [-0.39, 0.29) is 0 Å². The first-order chi connectivity index (χ1) is 7.28. The van der Waals surface area contributed by atoms with Crippen LogP contribution in [0.15, 0.2) is 47.2 Å². The van der Waals surface area contributed by atoms with Gasteiger partial charge in [0.25, 0.3) is 0 Å². The molecule has 2 rings (SSSR count). The summed E-state index contributed by atoms with van der Waals surface area (Å²) in [6, 6.07) is 11.5. The molecule has 3 nitrogen and oxygen atoms in total. The molecule has 0 fully saturated rings. The Morgan fingerprint density at radius 1 is 1.20 bits per heavy atom. The zero-order chi connectivity index (χ0) is 10.7. The van der Waals surface area contributed by atoms with E-state index in [1.54, 1.807) is 12.1 Å². The molecule has 0 aliphatic rings. The largest absolute Gasteiger partial charge is 0.295 e. The van der Waals surface area contributed by atoms with Crippen molar-refractivity contribution in [1.82, 2.24) is 4.68 Å². The minimum atomic E-state index is 0.624. The van der Waals surface area contributed by atoms with Crippen molar-refractivity contribution < 1.29 is 0 Å². The van der Waals surface area contributed by atoms with Crippen molar-refractivity contribution in [1.29, 1.82) is 5.26 Å². The van der Waals surface area contributed by atoms with Gasteiger partial charge < -0.3 is 0 Å². The minimum Gasteiger partial charge on any atom is -0.295 e. The summed E-state index contributed by atoms with van der Waals surface area (Å²) in [7, 11) is 0. The Bertz CT molecular complexity index is 497. The Labute approximate surface area is 96.1 Å². The smallest absolute Gasteiger partial charge is 0.0992 e. The molecule has 1 aromatic heterocycles. The molecular formula is C11H8BrN3. The van der Waals surface area contributed by atoms with Gasteiger partial charge in [0, 0.05) is 16.9 Å². The third kappa shape index (κ3) is 2.39. The lowest BCUT2D eigenvalue weighted by Crippen LogP contribution is -2.05. The van der Waals surface area contributed by atoms with Gasteiger partial charge in [0.2, 0.25) is 0 Å². The van der Waals surface area contributed by atoms with Crippen LogP contribution in [0.3, 0.4) is 0 Å². The van der Waals surface area contributed by atoms with Crippen molar-refractivity contribution in [3.63, 3.8) is 0 Å². The van der Waals surface area contributed by atoms with E-state index < -0.39 is 0 Å². The number of halogens is 1. The first-order valence-electron chi connectivity index (χ1n) is 4.38. The number of aromatic nitrogens is 1. The molecule has 1 aromatic carbocycles. The quantitative estimate of drug-likeness (QED) is 0.903. The summed E-state index contributed by atoms with van der Waals surface area (Å²) >= 11 is 3.36. The Balaban J connectivity index is 2.29. The summed E-state index contributed by atoms with van der Waals surface area (Å²) in [4.78, 5) is 0. The van der Waals surface area contributed by atoms with E-state index in [9.17, 15) is 0 Å². The van der Waals surface area contributed by atoms with Crippen LogP contribution in [-0.4, -0.2) is 4.68 Å². The summed E-state index contributed by atoms with van der Waals surface area (Å²) in [5.41, 5.74) is 4.63. The van der Waals surface area contributed by atoms with Gasteiger partial charge >= 0.3 is 0 Å². The fourth-order valence-electron chi connectivity index (χ4n) is 1.28. The molecule has 0 saturated carbocycles. The molecule has 4 heteroatoms. The van der Waals surface area contributed by atoms with E-state index in [2.05, 4.69) is 27.4 Å². The Morgan fingerprint density at radius 3 is 2.60 bits per heavy atom. The van der Waals surface area contributed by atoms with Crippen LogP contribution in [0.5, 0.6) is 0 Å². The summed E-state index contributed by atoms with van der Waals surface area (Å²) in [6.07, 6.45) is 3.79. The number of nitrogens with one attached hydrogen (secondary N) is 1. The van der Waals surface area contributed by atoms with Gasteiger partial charge in [-0.05, 0) is 30.3 Å². The molecule has 0 aliphatic heterocycles. The fourth-order valence-corrected chi connectivity index (χ4v) is 1.77. The second-order valence-electron chi connectivity index (χ2n) is 3.04. The second kappa shape index (κ2) is 4.20. The van der Waals surface area contributed by atoms with Gasteiger partial charge in [-0.25, -0.2) is 0 Å². The number of hydrogen-bond acceptors (Lipinski definition) is 2. The fraction of sp³-hybridized carbons (Fsp3) is 0. The third-order valence-electron chi connectivity index (χ3n) is 1.89. The second-order valence-corrected chi connectivity index (χ2v) is 3.96. The van der Waals surface area contributed by atoms with E-state index in [1.165, 1.54) is 0 Å². The van der Waals surface area contributed by atoms with Crippen LogP contribution < -0.4 is 5.43 Å². The Kier molecular flexibility index (Phi) is 2.75. The van der Waals surface area contributed by atoms with E-state index in [1.807, 2.05) is 35.3 Å². The molecule has 0 bridgehead atoms. The number of rotatable bonds is 2. The van der Waals surface area contributed by atoms with E-state index in [4.69, 9.17) is 5.26 Å². The summed E-state index contributed by atoms with van der Waals surface area (Å²) in [5, 5.41) is 8.81. The normalized spacial score (nSPS) is 9.60. The van der Waals surface area contributed by atoms with E-state index in [0.29, 0.717) is 5.56 Å². The topological polar surface area (TPSA) is 40.8 Å². The molecule has 15 heavy (non-hydrogen) atoms. The summed E-state index contributed by atoms with van der Waals surface area (Å²) in [6.45, 7) is 0. The van der Waals surface area contributed by atoms with Gasteiger partial charge in [-0.2, -0.15) is 5.26 Å². The number of nitrogens with zero attached hydrogens (tertiary/aromatic N) is 2. The van der Waals surface area contributed by atoms with Crippen LogP contribution >= 0.6 is 15.9 Å². The molecule has 0 amide bonds. The maximum Gasteiger partial charge on any atom is 0.0992 e.